The minimum Gasteiger partial charge on any atom is -0.316 e. The molecular weight excluding hydrogens is 769 g/mol. The third-order valence-electron chi connectivity index (χ3n) is 11.6. The minimum absolute atomic E-state index is 0.524. The number of rotatable bonds is 11. The Hall–Kier alpha value is -8.22. The van der Waals surface area contributed by atoms with Crippen molar-refractivity contribution in [3.8, 4) is 51.1 Å². The molecule has 0 atom stereocenters. The first kappa shape index (κ1) is 38.9. The largest absolute Gasteiger partial charge is 0.316 e. The van der Waals surface area contributed by atoms with Gasteiger partial charge in [0.25, 0.3) is 0 Å². The highest BCUT2D eigenvalue weighted by Gasteiger charge is 2.16. The number of nitrogens with zero attached hydrogens (tertiary/aromatic N) is 6. The van der Waals surface area contributed by atoms with E-state index in [4.69, 9.17) is 19.9 Å². The number of para-hydroxylation sites is 3. The van der Waals surface area contributed by atoms with Crippen molar-refractivity contribution in [2.24, 2.45) is 0 Å². The molecule has 302 valence electrons. The van der Waals surface area contributed by atoms with Gasteiger partial charge in [0.1, 0.15) is 5.69 Å². The van der Waals surface area contributed by atoms with E-state index in [1.165, 1.54) is 27.2 Å². The van der Waals surface area contributed by atoms with Crippen molar-refractivity contribution in [2.75, 3.05) is 0 Å². The third kappa shape index (κ3) is 7.71. The van der Waals surface area contributed by atoms with E-state index in [1.807, 2.05) is 79.0 Å². The summed E-state index contributed by atoms with van der Waals surface area (Å²) in [5.41, 5.74) is 13.7. The highest BCUT2D eigenvalue weighted by molar-refractivity contribution is 6.11. The summed E-state index contributed by atoms with van der Waals surface area (Å²) in [5.74, 6) is 1.74. The molecule has 10 rings (SSSR count). The van der Waals surface area contributed by atoms with Gasteiger partial charge in [0, 0.05) is 56.6 Å². The number of aromatic nitrogens is 6. The summed E-state index contributed by atoms with van der Waals surface area (Å²) < 4.78 is 4.61. The molecule has 6 aromatic carbocycles. The lowest BCUT2D eigenvalue weighted by molar-refractivity contribution is 1.06. The fourth-order valence-electron chi connectivity index (χ4n) is 8.37. The maximum absolute atomic E-state index is 4.93. The van der Waals surface area contributed by atoms with Gasteiger partial charge < -0.3 is 9.13 Å². The van der Waals surface area contributed by atoms with Crippen LogP contribution in [0, 0.1) is 0 Å². The summed E-state index contributed by atoms with van der Waals surface area (Å²) in [5, 5.41) is 3.57. The van der Waals surface area contributed by atoms with Crippen molar-refractivity contribution in [3.05, 3.63) is 224 Å². The summed E-state index contributed by atoms with van der Waals surface area (Å²) in [6.07, 6.45) is 13.7. The number of allylic oxidation sites excluding steroid dienone is 6. The Bertz CT molecular complexity index is 3330. The predicted octanol–water partition coefficient (Wildman–Crippen LogP) is 14.5. The van der Waals surface area contributed by atoms with Gasteiger partial charge in [-0.15, -0.1) is 0 Å². The molecule has 6 nitrogen and oxygen atoms in total. The van der Waals surface area contributed by atoms with Gasteiger partial charge in [0.2, 0.25) is 0 Å². The average Bonchev–Trinajstić information content (AvgIpc) is 3.90. The van der Waals surface area contributed by atoms with Crippen molar-refractivity contribution in [1.82, 2.24) is 29.1 Å². The van der Waals surface area contributed by atoms with Crippen molar-refractivity contribution in [2.45, 2.75) is 20.3 Å². The summed E-state index contributed by atoms with van der Waals surface area (Å²) in [6, 6.07) is 58.5. The highest BCUT2D eigenvalue weighted by Crippen LogP contribution is 2.36. The number of benzene rings is 6. The molecular formula is C57H44N6. The van der Waals surface area contributed by atoms with Crippen LogP contribution in [-0.4, -0.2) is 29.1 Å². The summed E-state index contributed by atoms with van der Waals surface area (Å²) in [4.78, 5) is 19.5. The molecule has 4 heterocycles. The van der Waals surface area contributed by atoms with E-state index < -0.39 is 0 Å². The van der Waals surface area contributed by atoms with Crippen LogP contribution in [0.2, 0.25) is 0 Å². The quantitative estimate of drug-likeness (QED) is 0.122. The van der Waals surface area contributed by atoms with Gasteiger partial charge in [0.05, 0.1) is 16.6 Å². The molecule has 0 fully saturated rings. The van der Waals surface area contributed by atoms with Gasteiger partial charge in [-0.1, -0.05) is 153 Å². The van der Waals surface area contributed by atoms with E-state index in [1.54, 1.807) is 0 Å². The van der Waals surface area contributed by atoms with Crippen LogP contribution in [0.1, 0.15) is 25.8 Å². The predicted molar refractivity (Wildman–Crippen MR) is 262 cm³/mol. The molecule has 0 aliphatic heterocycles. The van der Waals surface area contributed by atoms with E-state index in [2.05, 4.69) is 157 Å². The molecule has 0 radical (unpaired) electrons. The lowest BCUT2D eigenvalue weighted by atomic mass is 10.0. The number of pyridine rings is 1. The maximum atomic E-state index is 4.93. The molecule has 0 bridgehead atoms. The monoisotopic (exact) mass is 812 g/mol. The van der Waals surface area contributed by atoms with Crippen LogP contribution in [-0.2, 0) is 0 Å². The average molecular weight is 813 g/mol. The van der Waals surface area contributed by atoms with E-state index in [0.29, 0.717) is 23.2 Å². The van der Waals surface area contributed by atoms with E-state index in [9.17, 15) is 0 Å². The Morgan fingerprint density at radius 1 is 0.556 bits per heavy atom. The second-order valence-corrected chi connectivity index (χ2v) is 15.6. The SMILES string of the molecule is C=C(/C=C\c1cn(-c2ccccc2)c2ccccc12)/C(=C/C=C(\C)n1c2ccccc2c2cc(-c3ccnc(-c4nc(-c5ccccc5)nc(-c5ccccc5)n4)c3)ccc21)CC. The topological polar surface area (TPSA) is 61.4 Å². The molecule has 0 unspecified atom stereocenters. The summed E-state index contributed by atoms with van der Waals surface area (Å²) >= 11 is 0. The summed E-state index contributed by atoms with van der Waals surface area (Å²) in [6.45, 7) is 8.88. The Balaban J connectivity index is 0.971. The van der Waals surface area contributed by atoms with Crippen molar-refractivity contribution in [3.63, 3.8) is 0 Å². The lowest BCUT2D eigenvalue weighted by Gasteiger charge is -2.10. The zero-order valence-electron chi connectivity index (χ0n) is 35.2. The van der Waals surface area contributed by atoms with Crippen molar-refractivity contribution < 1.29 is 0 Å². The number of hydrogen-bond donors (Lipinski definition) is 0. The molecule has 0 spiro atoms. The fourth-order valence-corrected chi connectivity index (χ4v) is 8.37. The number of fused-ring (bicyclic) bond motifs is 4. The molecule has 0 saturated carbocycles. The number of hydrogen-bond acceptors (Lipinski definition) is 4. The third-order valence-corrected chi connectivity index (χ3v) is 11.6. The van der Waals surface area contributed by atoms with Crippen LogP contribution in [0.5, 0.6) is 0 Å². The first-order valence-electron chi connectivity index (χ1n) is 21.3. The molecule has 63 heavy (non-hydrogen) atoms. The molecule has 0 aliphatic carbocycles. The molecule has 0 saturated heterocycles. The van der Waals surface area contributed by atoms with Gasteiger partial charge >= 0.3 is 0 Å². The van der Waals surface area contributed by atoms with Crippen LogP contribution in [0.15, 0.2) is 218 Å². The molecule has 10 aromatic rings. The second-order valence-electron chi connectivity index (χ2n) is 15.6. The molecule has 0 amide bonds. The Morgan fingerprint density at radius 2 is 1.14 bits per heavy atom. The van der Waals surface area contributed by atoms with E-state index >= 15 is 0 Å². The lowest BCUT2D eigenvalue weighted by Crippen LogP contribution is -2.01. The van der Waals surface area contributed by atoms with E-state index in [0.717, 1.165) is 62.2 Å². The van der Waals surface area contributed by atoms with Gasteiger partial charge in [-0.3, -0.25) is 4.98 Å². The first-order valence-corrected chi connectivity index (χ1v) is 21.3. The van der Waals surface area contributed by atoms with Crippen LogP contribution in [0.25, 0.3) is 95.6 Å². The molecule has 4 aromatic heterocycles. The molecule has 6 heteroatoms. The zero-order chi connectivity index (χ0) is 42.7. The van der Waals surface area contributed by atoms with Crippen molar-refractivity contribution >= 4 is 44.5 Å². The standard InChI is InChI=1S/C57H44N6/c1-4-41(39(2)28-30-46-38-62(47-22-12-7-13-23-47)52-26-16-14-24-48(46)52)31-29-40(3)63-53-27-17-15-25-49(53)50-36-44(32-33-54(50)63)45-34-35-58-51(37-45)57-60-55(42-18-8-5-9-19-42)59-56(61-57)43-20-10-6-11-21-43/h5-38H,2,4H2,1,3H3/b30-28-,40-29+,41-31+. The van der Waals surface area contributed by atoms with Crippen LogP contribution < -0.4 is 0 Å². The van der Waals surface area contributed by atoms with Crippen LogP contribution in [0.3, 0.4) is 0 Å². The second kappa shape index (κ2) is 17.0. The highest BCUT2D eigenvalue weighted by atomic mass is 15.0. The Kier molecular flexibility index (Phi) is 10.5. The van der Waals surface area contributed by atoms with Crippen LogP contribution >= 0.6 is 0 Å². The fraction of sp³-hybridized carbons (Fsp3) is 0.0526. The smallest absolute Gasteiger partial charge is 0.182 e. The van der Waals surface area contributed by atoms with Gasteiger partial charge in [-0.2, -0.15) is 0 Å². The van der Waals surface area contributed by atoms with Crippen molar-refractivity contribution in [1.29, 1.82) is 0 Å². The van der Waals surface area contributed by atoms with Gasteiger partial charge in [-0.25, -0.2) is 15.0 Å². The first-order chi connectivity index (χ1) is 31.0. The normalized spacial score (nSPS) is 12.2. The molecule has 0 aliphatic rings. The Morgan fingerprint density at radius 3 is 1.84 bits per heavy atom. The van der Waals surface area contributed by atoms with E-state index in [-0.39, 0.29) is 0 Å². The van der Waals surface area contributed by atoms with Gasteiger partial charge in [-0.05, 0) is 90.2 Å². The van der Waals surface area contributed by atoms with Crippen LogP contribution in [0.4, 0.5) is 0 Å². The zero-order valence-corrected chi connectivity index (χ0v) is 35.2. The Labute approximate surface area is 367 Å². The minimum atomic E-state index is 0.524. The van der Waals surface area contributed by atoms with Gasteiger partial charge in [0.15, 0.2) is 17.5 Å². The maximum Gasteiger partial charge on any atom is 0.182 e. The summed E-state index contributed by atoms with van der Waals surface area (Å²) in [7, 11) is 0. The molecule has 0 N–H and O–H groups in total.